The minimum absolute atomic E-state index is 0.0119. The predicted octanol–water partition coefficient (Wildman–Crippen LogP) is 4.07. The van der Waals surface area contributed by atoms with Crippen LogP contribution in [0.25, 0.3) is 11.3 Å². The van der Waals surface area contributed by atoms with Crippen molar-refractivity contribution < 1.29 is 33.1 Å². The summed E-state index contributed by atoms with van der Waals surface area (Å²) in [5.74, 6) is 0.158. The highest BCUT2D eigenvalue weighted by molar-refractivity contribution is 7.18. The van der Waals surface area contributed by atoms with Crippen LogP contribution in [0.15, 0.2) is 28.8 Å². The molecule has 4 rings (SSSR count). The number of hydrogen-bond donors (Lipinski definition) is 1. The van der Waals surface area contributed by atoms with Gasteiger partial charge in [0.2, 0.25) is 6.79 Å². The Labute approximate surface area is 180 Å². The number of Topliss-reactive ketones (excluding diaryl/α,β-unsaturated/α-hetero) is 1. The number of nitrogens with zero attached hydrogens (tertiary/aromatic N) is 1. The number of esters is 1. The summed E-state index contributed by atoms with van der Waals surface area (Å²) in [7, 11) is 0. The maximum Gasteiger partial charge on any atom is 0.341 e. The average molecular weight is 442 g/mol. The highest BCUT2D eigenvalue weighted by atomic mass is 32.1. The largest absolute Gasteiger partial charge is 0.462 e. The van der Waals surface area contributed by atoms with Gasteiger partial charge in [-0.1, -0.05) is 5.16 Å². The monoisotopic (exact) mass is 442 g/mol. The van der Waals surface area contributed by atoms with Crippen molar-refractivity contribution >= 4 is 34.0 Å². The molecule has 2 aromatic heterocycles. The number of nitrogens with one attached hydrogen (secondary N) is 1. The fourth-order valence-electron chi connectivity index (χ4n) is 3.12. The normalized spacial score (nSPS) is 12.0. The van der Waals surface area contributed by atoms with Crippen molar-refractivity contribution in [2.75, 3.05) is 18.7 Å². The van der Waals surface area contributed by atoms with Gasteiger partial charge in [0.1, 0.15) is 5.00 Å². The van der Waals surface area contributed by atoms with Gasteiger partial charge in [-0.15, -0.1) is 11.3 Å². The number of rotatable bonds is 6. The van der Waals surface area contributed by atoms with Gasteiger partial charge in [-0.25, -0.2) is 4.79 Å². The molecule has 160 valence electrons. The van der Waals surface area contributed by atoms with Crippen molar-refractivity contribution in [3.63, 3.8) is 0 Å². The van der Waals surface area contributed by atoms with E-state index in [0.717, 1.165) is 11.3 Å². The Morgan fingerprint density at radius 1 is 1.19 bits per heavy atom. The second-order valence-corrected chi connectivity index (χ2v) is 7.66. The van der Waals surface area contributed by atoms with Gasteiger partial charge in [0.15, 0.2) is 28.7 Å². The molecule has 0 bridgehead atoms. The molecular weight excluding hydrogens is 424 g/mol. The van der Waals surface area contributed by atoms with Crippen LogP contribution < -0.4 is 14.8 Å². The standard InChI is InChI=1S/C21H18N2O7S/c1-4-27-21(26)17-10(2)18(11(3)24)31-20(17)22-19(25)13-8-15(30-23-13)12-5-6-14-16(7-12)29-9-28-14/h5-8H,4,9H2,1-3H3,(H,22,25). The smallest absolute Gasteiger partial charge is 0.341 e. The molecule has 0 unspecified atom stereocenters. The maximum absolute atomic E-state index is 12.8. The molecule has 1 N–H and O–H groups in total. The van der Waals surface area contributed by atoms with Crippen molar-refractivity contribution in [3.8, 4) is 22.8 Å². The summed E-state index contributed by atoms with van der Waals surface area (Å²) in [6.07, 6.45) is 0. The molecule has 0 saturated carbocycles. The second-order valence-electron chi connectivity index (χ2n) is 6.64. The number of hydrogen-bond acceptors (Lipinski definition) is 9. The van der Waals surface area contributed by atoms with Crippen LogP contribution in [0, 0.1) is 6.92 Å². The van der Waals surface area contributed by atoms with Crippen molar-refractivity contribution in [1.82, 2.24) is 5.16 Å². The number of fused-ring (bicyclic) bond motifs is 1. The Morgan fingerprint density at radius 2 is 1.97 bits per heavy atom. The second kappa shape index (κ2) is 8.23. The summed E-state index contributed by atoms with van der Waals surface area (Å²) in [5.41, 5.74) is 1.30. The van der Waals surface area contributed by atoms with Crippen LogP contribution in [0.2, 0.25) is 0 Å². The van der Waals surface area contributed by atoms with E-state index >= 15 is 0 Å². The Bertz CT molecular complexity index is 1190. The highest BCUT2D eigenvalue weighted by Crippen LogP contribution is 2.37. The molecule has 0 aliphatic carbocycles. The first-order valence-corrected chi connectivity index (χ1v) is 10.2. The van der Waals surface area contributed by atoms with E-state index in [1.807, 2.05) is 0 Å². The Morgan fingerprint density at radius 3 is 2.71 bits per heavy atom. The van der Waals surface area contributed by atoms with Crippen LogP contribution in [0.1, 0.15) is 49.9 Å². The molecule has 1 amide bonds. The summed E-state index contributed by atoms with van der Waals surface area (Å²) >= 11 is 1.02. The average Bonchev–Trinajstić information content (AvgIpc) is 3.46. The quantitative estimate of drug-likeness (QED) is 0.448. The van der Waals surface area contributed by atoms with Crippen molar-refractivity contribution in [1.29, 1.82) is 0 Å². The zero-order valence-corrected chi connectivity index (χ0v) is 17.8. The molecule has 9 nitrogen and oxygen atoms in total. The lowest BCUT2D eigenvalue weighted by Gasteiger charge is -2.05. The van der Waals surface area contributed by atoms with Gasteiger partial charge in [0, 0.05) is 11.6 Å². The molecular formula is C21H18N2O7S. The molecule has 1 aliphatic rings. The Balaban J connectivity index is 1.60. The van der Waals surface area contributed by atoms with E-state index in [1.165, 1.54) is 13.0 Å². The van der Waals surface area contributed by atoms with Gasteiger partial charge in [0.25, 0.3) is 5.91 Å². The van der Waals surface area contributed by atoms with Gasteiger partial charge in [-0.05, 0) is 44.5 Å². The number of amides is 1. The molecule has 3 heterocycles. The lowest BCUT2D eigenvalue weighted by molar-refractivity contribution is 0.0527. The first-order chi connectivity index (χ1) is 14.9. The summed E-state index contributed by atoms with van der Waals surface area (Å²) < 4.78 is 21.0. The van der Waals surface area contributed by atoms with Crippen LogP contribution in [0.4, 0.5) is 5.00 Å². The first-order valence-electron chi connectivity index (χ1n) is 9.38. The predicted molar refractivity (Wildman–Crippen MR) is 111 cm³/mol. The van der Waals surface area contributed by atoms with E-state index in [2.05, 4.69) is 10.5 Å². The summed E-state index contributed by atoms with van der Waals surface area (Å²) in [4.78, 5) is 37.4. The van der Waals surface area contributed by atoms with Crippen LogP contribution in [0.5, 0.6) is 11.5 Å². The van der Waals surface area contributed by atoms with Gasteiger partial charge in [-0.2, -0.15) is 0 Å². The minimum atomic E-state index is -0.611. The molecule has 0 fully saturated rings. The molecule has 10 heteroatoms. The number of ether oxygens (including phenoxy) is 3. The fourth-order valence-corrected chi connectivity index (χ4v) is 4.21. The number of ketones is 1. The maximum atomic E-state index is 12.8. The van der Waals surface area contributed by atoms with Gasteiger partial charge >= 0.3 is 5.97 Å². The molecule has 1 aromatic carbocycles. The van der Waals surface area contributed by atoms with Crippen LogP contribution >= 0.6 is 11.3 Å². The molecule has 0 atom stereocenters. The Hall–Kier alpha value is -3.66. The number of thiophene rings is 1. The zero-order chi connectivity index (χ0) is 22.1. The summed E-state index contributed by atoms with van der Waals surface area (Å²) in [6, 6.07) is 6.70. The molecule has 0 radical (unpaired) electrons. The number of anilines is 1. The van der Waals surface area contributed by atoms with E-state index in [-0.39, 0.29) is 35.4 Å². The summed E-state index contributed by atoms with van der Waals surface area (Å²) in [6.45, 7) is 5.03. The Kier molecular flexibility index (Phi) is 5.47. The van der Waals surface area contributed by atoms with E-state index in [9.17, 15) is 14.4 Å². The van der Waals surface area contributed by atoms with E-state index < -0.39 is 11.9 Å². The van der Waals surface area contributed by atoms with Gasteiger partial charge in [0.05, 0.1) is 17.0 Å². The lowest BCUT2D eigenvalue weighted by Crippen LogP contribution is -2.15. The summed E-state index contributed by atoms with van der Waals surface area (Å²) in [5, 5.41) is 6.69. The van der Waals surface area contributed by atoms with E-state index in [1.54, 1.807) is 32.0 Å². The number of aromatic nitrogens is 1. The third kappa shape index (κ3) is 3.89. The SMILES string of the molecule is CCOC(=O)c1c(NC(=O)c2cc(-c3ccc4c(c3)OCO4)on2)sc(C(C)=O)c1C. The minimum Gasteiger partial charge on any atom is -0.462 e. The number of carbonyl (C=O) groups is 3. The molecule has 1 aliphatic heterocycles. The first kappa shape index (κ1) is 20.6. The number of benzene rings is 1. The van der Waals surface area contributed by atoms with Crippen LogP contribution in [0.3, 0.4) is 0 Å². The van der Waals surface area contributed by atoms with Crippen molar-refractivity contribution in [2.24, 2.45) is 0 Å². The fraction of sp³-hybridized carbons (Fsp3) is 0.238. The van der Waals surface area contributed by atoms with Gasteiger partial charge < -0.3 is 24.1 Å². The third-order valence-electron chi connectivity index (χ3n) is 4.57. The molecule has 0 saturated heterocycles. The van der Waals surface area contributed by atoms with Crippen LogP contribution in [-0.2, 0) is 4.74 Å². The molecule has 0 spiro atoms. The molecule has 31 heavy (non-hydrogen) atoms. The highest BCUT2D eigenvalue weighted by Gasteiger charge is 2.26. The van der Waals surface area contributed by atoms with Crippen molar-refractivity contribution in [2.45, 2.75) is 20.8 Å². The third-order valence-corrected chi connectivity index (χ3v) is 5.88. The number of carbonyl (C=O) groups excluding carboxylic acids is 3. The molecule has 3 aromatic rings. The van der Waals surface area contributed by atoms with Crippen LogP contribution in [-0.4, -0.2) is 36.2 Å². The van der Waals surface area contributed by atoms with E-state index in [0.29, 0.717) is 33.3 Å². The van der Waals surface area contributed by atoms with Crippen molar-refractivity contribution in [3.05, 3.63) is 46.0 Å². The van der Waals surface area contributed by atoms with E-state index in [4.69, 9.17) is 18.7 Å². The topological polar surface area (TPSA) is 117 Å². The zero-order valence-electron chi connectivity index (χ0n) is 16.9. The lowest BCUT2D eigenvalue weighted by atomic mass is 10.1. The van der Waals surface area contributed by atoms with Gasteiger partial charge in [-0.3, -0.25) is 9.59 Å².